The Kier molecular flexibility index (Phi) is 9.53. The van der Waals surface area contributed by atoms with Gasteiger partial charge in [0.2, 0.25) is 5.91 Å². The fourth-order valence-corrected chi connectivity index (χ4v) is 4.13. The second-order valence-electron chi connectivity index (χ2n) is 10.5. The predicted molar refractivity (Wildman–Crippen MR) is 131 cm³/mol. The van der Waals surface area contributed by atoms with E-state index in [1.807, 2.05) is 64.1 Å². The fraction of sp³-hybridized carbons (Fsp3) is 0.630. The molecule has 6 heteroatoms. The molecule has 0 spiro atoms. The van der Waals surface area contributed by atoms with Crippen molar-refractivity contribution in [3.63, 3.8) is 0 Å². The summed E-state index contributed by atoms with van der Waals surface area (Å²) in [7, 11) is 0. The normalized spacial score (nSPS) is 20.6. The smallest absolute Gasteiger partial charge is 0.412 e. The highest BCUT2D eigenvalue weighted by molar-refractivity contribution is 5.93. The van der Waals surface area contributed by atoms with Gasteiger partial charge in [0.05, 0.1) is 12.1 Å². The molecule has 1 heterocycles. The first-order valence-electron chi connectivity index (χ1n) is 12.1. The molecule has 33 heavy (non-hydrogen) atoms. The van der Waals surface area contributed by atoms with Gasteiger partial charge in [-0.05, 0) is 49.7 Å². The standard InChI is InChI=1S/C27H42N2O4/c1-18(2)14-23-24(15-22(20(5)6)25(30)28-16-19(3)4)33-27(7,8)29(23)26(31)32-17-21-12-10-9-11-13-21/h9-13,15,18-20,23-24H,14,16-17H2,1-8H3,(H,28,30)/b22-15+/t23-,24-/m0/s1. The second kappa shape index (κ2) is 11.7. The number of carbonyl (C=O) groups excluding carboxylic acids is 2. The van der Waals surface area contributed by atoms with E-state index in [1.165, 1.54) is 0 Å². The zero-order chi connectivity index (χ0) is 24.8. The van der Waals surface area contributed by atoms with E-state index in [1.54, 1.807) is 4.90 Å². The molecule has 2 rings (SSSR count). The Balaban J connectivity index is 2.29. The van der Waals surface area contributed by atoms with Crippen LogP contribution in [0.2, 0.25) is 0 Å². The molecule has 1 aliphatic heterocycles. The highest BCUT2D eigenvalue weighted by Gasteiger charge is 2.50. The molecule has 184 valence electrons. The van der Waals surface area contributed by atoms with Crippen LogP contribution in [0.4, 0.5) is 4.79 Å². The lowest BCUT2D eigenvalue weighted by Gasteiger charge is -2.33. The molecule has 1 aliphatic rings. The Morgan fingerprint density at radius 2 is 1.73 bits per heavy atom. The van der Waals surface area contributed by atoms with Gasteiger partial charge in [0.1, 0.15) is 12.3 Å². The number of hydrogen-bond acceptors (Lipinski definition) is 4. The first-order valence-corrected chi connectivity index (χ1v) is 12.1. The quantitative estimate of drug-likeness (QED) is 0.494. The second-order valence-corrected chi connectivity index (χ2v) is 10.5. The molecule has 0 aliphatic carbocycles. The molecule has 6 nitrogen and oxygen atoms in total. The maximum Gasteiger partial charge on any atom is 0.412 e. The van der Waals surface area contributed by atoms with Gasteiger partial charge in [-0.15, -0.1) is 0 Å². The van der Waals surface area contributed by atoms with E-state index in [9.17, 15) is 9.59 Å². The Labute approximate surface area is 199 Å². The SMILES string of the molecule is CC(C)CNC(=O)/C(=C/[C@@H]1OC(C)(C)N(C(=O)OCc2ccccc2)[C@H]1CC(C)C)C(C)C. The molecule has 1 fully saturated rings. The molecule has 1 saturated heterocycles. The molecule has 1 aromatic carbocycles. The van der Waals surface area contributed by atoms with Crippen molar-refractivity contribution in [2.45, 2.75) is 86.3 Å². The minimum atomic E-state index is -0.856. The van der Waals surface area contributed by atoms with Crippen LogP contribution in [0.15, 0.2) is 42.0 Å². The van der Waals surface area contributed by atoms with Gasteiger partial charge in [-0.1, -0.05) is 71.9 Å². The zero-order valence-corrected chi connectivity index (χ0v) is 21.6. The zero-order valence-electron chi connectivity index (χ0n) is 21.6. The third-order valence-electron chi connectivity index (χ3n) is 5.73. The van der Waals surface area contributed by atoms with E-state index < -0.39 is 17.9 Å². The Hall–Kier alpha value is -2.34. The number of benzene rings is 1. The Morgan fingerprint density at radius 1 is 1.09 bits per heavy atom. The number of carbonyl (C=O) groups is 2. The van der Waals surface area contributed by atoms with Crippen molar-refractivity contribution >= 4 is 12.0 Å². The average molecular weight is 459 g/mol. The van der Waals surface area contributed by atoms with Crippen molar-refractivity contribution in [2.75, 3.05) is 6.54 Å². The van der Waals surface area contributed by atoms with Crippen LogP contribution < -0.4 is 5.32 Å². The monoisotopic (exact) mass is 458 g/mol. The van der Waals surface area contributed by atoms with Gasteiger partial charge in [0.25, 0.3) is 0 Å². The molecule has 0 unspecified atom stereocenters. The van der Waals surface area contributed by atoms with Crippen LogP contribution in [0.3, 0.4) is 0 Å². The summed E-state index contributed by atoms with van der Waals surface area (Å²) in [5, 5.41) is 3.02. The molecule has 1 N–H and O–H groups in total. The molecular weight excluding hydrogens is 416 g/mol. The van der Waals surface area contributed by atoms with Gasteiger partial charge in [-0.2, -0.15) is 0 Å². The molecule has 0 radical (unpaired) electrons. The first-order chi connectivity index (χ1) is 15.4. The highest BCUT2D eigenvalue weighted by Crippen LogP contribution is 2.37. The summed E-state index contributed by atoms with van der Waals surface area (Å²) in [5.74, 6) is 0.661. The van der Waals surface area contributed by atoms with Crippen molar-refractivity contribution in [3.8, 4) is 0 Å². The minimum Gasteiger partial charge on any atom is -0.444 e. The van der Waals surface area contributed by atoms with Crippen LogP contribution in [-0.2, 0) is 20.9 Å². The van der Waals surface area contributed by atoms with Crippen molar-refractivity contribution < 1.29 is 19.1 Å². The largest absolute Gasteiger partial charge is 0.444 e. The van der Waals surface area contributed by atoms with E-state index in [-0.39, 0.29) is 24.5 Å². The Morgan fingerprint density at radius 3 is 2.27 bits per heavy atom. The van der Waals surface area contributed by atoms with Crippen LogP contribution >= 0.6 is 0 Å². The van der Waals surface area contributed by atoms with Gasteiger partial charge >= 0.3 is 6.09 Å². The van der Waals surface area contributed by atoms with E-state index in [0.717, 1.165) is 12.0 Å². The lowest BCUT2D eigenvalue weighted by atomic mass is 9.94. The number of nitrogens with zero attached hydrogens (tertiary/aromatic N) is 1. The Bertz CT molecular complexity index is 815. The van der Waals surface area contributed by atoms with Crippen molar-refractivity contribution in [3.05, 3.63) is 47.5 Å². The van der Waals surface area contributed by atoms with Crippen molar-refractivity contribution in [2.24, 2.45) is 17.8 Å². The van der Waals surface area contributed by atoms with E-state index >= 15 is 0 Å². The van der Waals surface area contributed by atoms with Crippen LogP contribution in [0, 0.1) is 17.8 Å². The van der Waals surface area contributed by atoms with Crippen LogP contribution in [0.5, 0.6) is 0 Å². The molecule has 2 atom stereocenters. The van der Waals surface area contributed by atoms with Gasteiger partial charge in [-0.25, -0.2) is 4.79 Å². The third kappa shape index (κ3) is 7.60. The van der Waals surface area contributed by atoms with Gasteiger partial charge in [0, 0.05) is 12.1 Å². The summed E-state index contributed by atoms with van der Waals surface area (Å²) < 4.78 is 12.1. The van der Waals surface area contributed by atoms with E-state index in [4.69, 9.17) is 9.47 Å². The minimum absolute atomic E-state index is 0.0302. The maximum atomic E-state index is 13.2. The number of rotatable bonds is 9. The number of amides is 2. The lowest BCUT2D eigenvalue weighted by molar-refractivity contribution is -0.118. The van der Waals surface area contributed by atoms with Crippen molar-refractivity contribution in [1.29, 1.82) is 0 Å². The maximum absolute atomic E-state index is 13.2. The summed E-state index contributed by atoms with van der Waals surface area (Å²) in [5.41, 5.74) is 0.764. The highest BCUT2D eigenvalue weighted by atomic mass is 16.6. The number of nitrogens with one attached hydrogen (secondary N) is 1. The van der Waals surface area contributed by atoms with Crippen LogP contribution in [0.25, 0.3) is 0 Å². The van der Waals surface area contributed by atoms with E-state index in [0.29, 0.717) is 24.0 Å². The van der Waals surface area contributed by atoms with Gasteiger partial charge < -0.3 is 14.8 Å². The number of hydrogen-bond donors (Lipinski definition) is 1. The first kappa shape index (κ1) is 26.9. The van der Waals surface area contributed by atoms with E-state index in [2.05, 4.69) is 33.0 Å². The predicted octanol–water partition coefficient (Wildman–Crippen LogP) is 5.53. The van der Waals surface area contributed by atoms with Gasteiger partial charge in [0.15, 0.2) is 0 Å². The average Bonchev–Trinajstić information content (AvgIpc) is 2.97. The molecule has 1 aromatic rings. The molecular formula is C27H42N2O4. The number of ether oxygens (including phenoxy) is 2. The molecule has 2 amide bonds. The molecule has 0 saturated carbocycles. The summed E-state index contributed by atoms with van der Waals surface area (Å²) in [6.45, 7) is 17.0. The summed E-state index contributed by atoms with van der Waals surface area (Å²) in [4.78, 5) is 27.8. The van der Waals surface area contributed by atoms with Gasteiger partial charge in [-0.3, -0.25) is 9.69 Å². The third-order valence-corrected chi connectivity index (χ3v) is 5.73. The van der Waals surface area contributed by atoms with Crippen LogP contribution in [-0.4, -0.2) is 41.3 Å². The summed E-state index contributed by atoms with van der Waals surface area (Å²) in [6.07, 6.45) is 1.86. The molecule has 0 bridgehead atoms. The topological polar surface area (TPSA) is 67.9 Å². The van der Waals surface area contributed by atoms with Crippen LogP contribution in [0.1, 0.15) is 67.4 Å². The summed E-state index contributed by atoms with van der Waals surface area (Å²) >= 11 is 0. The molecule has 0 aromatic heterocycles. The summed E-state index contributed by atoms with van der Waals surface area (Å²) in [6, 6.07) is 9.41. The lowest BCUT2D eigenvalue weighted by Crippen LogP contribution is -2.49. The fourth-order valence-electron chi connectivity index (χ4n) is 4.13. The van der Waals surface area contributed by atoms with Crippen molar-refractivity contribution in [1.82, 2.24) is 10.2 Å².